The van der Waals surface area contributed by atoms with Crippen LogP contribution in [-0.4, -0.2) is 9.97 Å². The Balaban J connectivity index is 1.37. The Kier molecular flexibility index (Phi) is 5.69. The Bertz CT molecular complexity index is 932. The third-order valence-corrected chi connectivity index (χ3v) is 4.65. The predicted octanol–water partition coefficient (Wildman–Crippen LogP) is 5.83. The van der Waals surface area contributed by atoms with Gasteiger partial charge in [-0.1, -0.05) is 72.8 Å². The Hall–Kier alpha value is -3.52. The Morgan fingerprint density at radius 1 is 0.500 bits per heavy atom. The summed E-state index contributed by atoms with van der Waals surface area (Å²) in [5.74, 6) is 0. The molecule has 2 aromatic carbocycles. The second-order valence-electron chi connectivity index (χ2n) is 6.81. The largest absolute Gasteiger partial charge is 0.261 e. The van der Waals surface area contributed by atoms with E-state index < -0.39 is 0 Å². The first-order valence-electron chi connectivity index (χ1n) is 9.51. The van der Waals surface area contributed by atoms with Gasteiger partial charge in [-0.25, -0.2) is 0 Å². The van der Waals surface area contributed by atoms with Crippen LogP contribution in [0.3, 0.4) is 0 Å². The third kappa shape index (κ3) is 5.01. The van der Waals surface area contributed by atoms with Crippen LogP contribution in [0.5, 0.6) is 0 Å². The fraction of sp³-hybridized carbons (Fsp3) is 0.0769. The van der Waals surface area contributed by atoms with Gasteiger partial charge in [-0.05, 0) is 46.5 Å². The molecule has 0 radical (unpaired) electrons. The number of hydrogen-bond acceptors (Lipinski definition) is 2. The molecule has 0 aliphatic carbocycles. The maximum atomic E-state index is 4.39. The maximum absolute atomic E-state index is 4.39. The van der Waals surface area contributed by atoms with Crippen molar-refractivity contribution in [1.29, 1.82) is 0 Å². The zero-order valence-electron chi connectivity index (χ0n) is 15.7. The highest BCUT2D eigenvalue weighted by atomic mass is 14.7. The number of aromatic nitrogens is 2. The van der Waals surface area contributed by atoms with Crippen LogP contribution >= 0.6 is 0 Å². The van der Waals surface area contributed by atoms with Crippen molar-refractivity contribution in [3.8, 4) is 0 Å². The van der Waals surface area contributed by atoms with Crippen LogP contribution in [-0.2, 0) is 12.8 Å². The topological polar surface area (TPSA) is 25.8 Å². The summed E-state index contributed by atoms with van der Waals surface area (Å²) in [6, 6.07) is 29.4. The van der Waals surface area contributed by atoms with Crippen molar-refractivity contribution in [2.75, 3.05) is 0 Å². The van der Waals surface area contributed by atoms with Crippen LogP contribution in [0.1, 0.15) is 33.6 Å². The lowest BCUT2D eigenvalue weighted by atomic mass is 10.0. The molecule has 0 fully saturated rings. The van der Waals surface area contributed by atoms with Gasteiger partial charge in [0.2, 0.25) is 0 Å². The minimum atomic E-state index is 0.864. The second kappa shape index (κ2) is 8.92. The number of nitrogens with zero attached hydrogens (tertiary/aromatic N) is 2. The fourth-order valence-electron chi connectivity index (χ4n) is 3.11. The second-order valence-corrected chi connectivity index (χ2v) is 6.81. The standard InChI is InChI=1S/C26H22N2/c1-3-17-27-25(5-1)19-23-13-9-21(10-14-23)7-8-22-11-15-24(16-12-22)20-26-6-2-4-18-28-26/h1-18H,19-20H2/b8-7+. The van der Waals surface area contributed by atoms with Gasteiger partial charge in [0.05, 0.1) is 0 Å². The summed E-state index contributed by atoms with van der Waals surface area (Å²) in [7, 11) is 0. The molecule has 2 aromatic heterocycles. The molecule has 0 spiro atoms. The Morgan fingerprint density at radius 3 is 1.29 bits per heavy atom. The quantitative estimate of drug-likeness (QED) is 0.403. The summed E-state index contributed by atoms with van der Waals surface area (Å²) < 4.78 is 0. The van der Waals surface area contributed by atoms with Crippen molar-refractivity contribution in [1.82, 2.24) is 9.97 Å². The molecule has 136 valence electrons. The van der Waals surface area contributed by atoms with Crippen LogP contribution in [0.4, 0.5) is 0 Å². The summed E-state index contributed by atoms with van der Waals surface area (Å²) in [4.78, 5) is 8.78. The highest BCUT2D eigenvalue weighted by molar-refractivity contribution is 5.69. The average Bonchev–Trinajstić information content (AvgIpc) is 2.76. The van der Waals surface area contributed by atoms with Gasteiger partial charge >= 0.3 is 0 Å². The van der Waals surface area contributed by atoms with E-state index in [1.165, 1.54) is 22.3 Å². The summed E-state index contributed by atoms with van der Waals surface area (Å²) >= 11 is 0. The maximum Gasteiger partial charge on any atom is 0.0447 e. The third-order valence-electron chi connectivity index (χ3n) is 4.65. The first-order chi connectivity index (χ1) is 13.8. The van der Waals surface area contributed by atoms with E-state index in [1.807, 2.05) is 36.7 Å². The van der Waals surface area contributed by atoms with E-state index in [-0.39, 0.29) is 0 Å². The van der Waals surface area contributed by atoms with E-state index in [1.54, 1.807) is 0 Å². The molecule has 0 saturated carbocycles. The smallest absolute Gasteiger partial charge is 0.0447 e. The SMILES string of the molecule is C(=C\c1ccc(Cc2ccccn2)cc1)/c1ccc(Cc2ccccn2)cc1. The molecule has 2 heteroatoms. The molecule has 0 aliphatic heterocycles. The van der Waals surface area contributed by atoms with Gasteiger partial charge in [0.1, 0.15) is 0 Å². The summed E-state index contributed by atoms with van der Waals surface area (Å²) in [5, 5.41) is 0. The normalized spacial score (nSPS) is 11.0. The summed E-state index contributed by atoms with van der Waals surface area (Å²) in [6.45, 7) is 0. The number of rotatable bonds is 6. The molecule has 28 heavy (non-hydrogen) atoms. The molecule has 0 N–H and O–H groups in total. The van der Waals surface area contributed by atoms with Crippen LogP contribution in [0.2, 0.25) is 0 Å². The molecular formula is C26H22N2. The molecule has 2 nitrogen and oxygen atoms in total. The van der Waals surface area contributed by atoms with Gasteiger partial charge in [0.25, 0.3) is 0 Å². The predicted molar refractivity (Wildman–Crippen MR) is 116 cm³/mol. The first kappa shape index (κ1) is 17.9. The lowest BCUT2D eigenvalue weighted by molar-refractivity contribution is 1.07. The van der Waals surface area contributed by atoms with Crippen molar-refractivity contribution >= 4 is 12.2 Å². The molecule has 4 aromatic rings. The highest BCUT2D eigenvalue weighted by Crippen LogP contribution is 2.14. The van der Waals surface area contributed by atoms with Crippen molar-refractivity contribution < 1.29 is 0 Å². The van der Waals surface area contributed by atoms with Gasteiger partial charge < -0.3 is 0 Å². The fourth-order valence-corrected chi connectivity index (χ4v) is 3.11. The monoisotopic (exact) mass is 362 g/mol. The molecule has 0 bridgehead atoms. The van der Waals surface area contributed by atoms with Crippen molar-refractivity contribution in [2.45, 2.75) is 12.8 Å². The Labute approximate surface area is 166 Å². The lowest BCUT2D eigenvalue weighted by Gasteiger charge is -2.03. The number of benzene rings is 2. The van der Waals surface area contributed by atoms with Crippen molar-refractivity contribution in [2.24, 2.45) is 0 Å². The molecule has 0 saturated heterocycles. The van der Waals surface area contributed by atoms with Gasteiger partial charge in [0, 0.05) is 36.6 Å². The van der Waals surface area contributed by atoms with Crippen molar-refractivity contribution in [3.05, 3.63) is 131 Å². The lowest BCUT2D eigenvalue weighted by Crippen LogP contribution is -1.91. The van der Waals surface area contributed by atoms with Crippen LogP contribution < -0.4 is 0 Å². The zero-order chi connectivity index (χ0) is 19.0. The van der Waals surface area contributed by atoms with E-state index in [2.05, 4.69) is 82.8 Å². The molecule has 0 amide bonds. The van der Waals surface area contributed by atoms with Gasteiger partial charge in [-0.3, -0.25) is 9.97 Å². The molecule has 0 unspecified atom stereocenters. The van der Waals surface area contributed by atoms with E-state index in [0.29, 0.717) is 0 Å². The van der Waals surface area contributed by atoms with E-state index in [0.717, 1.165) is 24.2 Å². The number of hydrogen-bond donors (Lipinski definition) is 0. The van der Waals surface area contributed by atoms with Gasteiger partial charge in [0.15, 0.2) is 0 Å². The highest BCUT2D eigenvalue weighted by Gasteiger charge is 1.98. The minimum Gasteiger partial charge on any atom is -0.261 e. The molecular weight excluding hydrogens is 340 g/mol. The molecule has 4 rings (SSSR count). The van der Waals surface area contributed by atoms with E-state index in [4.69, 9.17) is 0 Å². The van der Waals surface area contributed by atoms with E-state index in [9.17, 15) is 0 Å². The van der Waals surface area contributed by atoms with Gasteiger partial charge in [-0.2, -0.15) is 0 Å². The Morgan fingerprint density at radius 2 is 0.929 bits per heavy atom. The van der Waals surface area contributed by atoms with Gasteiger partial charge in [-0.15, -0.1) is 0 Å². The van der Waals surface area contributed by atoms with Crippen molar-refractivity contribution in [3.63, 3.8) is 0 Å². The first-order valence-corrected chi connectivity index (χ1v) is 9.51. The number of pyridine rings is 2. The molecule has 0 aliphatic rings. The van der Waals surface area contributed by atoms with E-state index >= 15 is 0 Å². The average molecular weight is 362 g/mol. The minimum absolute atomic E-state index is 0.864. The van der Waals surface area contributed by atoms with Crippen LogP contribution in [0, 0.1) is 0 Å². The zero-order valence-corrected chi connectivity index (χ0v) is 15.7. The van der Waals surface area contributed by atoms with Crippen LogP contribution in [0.15, 0.2) is 97.3 Å². The van der Waals surface area contributed by atoms with Crippen LogP contribution in [0.25, 0.3) is 12.2 Å². The summed E-state index contributed by atoms with van der Waals surface area (Å²) in [5.41, 5.74) is 7.13. The molecule has 2 heterocycles. The molecule has 0 atom stereocenters. The summed E-state index contributed by atoms with van der Waals surface area (Å²) in [6.07, 6.45) is 9.71.